The molecule has 1 N–H and O–H groups in total. The summed E-state index contributed by atoms with van der Waals surface area (Å²) in [5, 5.41) is 10.7. The number of hydrogen-bond donors (Lipinski definition) is 1. The van der Waals surface area contributed by atoms with Gasteiger partial charge in [0.05, 0.1) is 0 Å². The van der Waals surface area contributed by atoms with Crippen LogP contribution in [-0.4, -0.2) is 22.3 Å². The molecule has 0 fully saturated rings. The molecular formula is C23H25N3O3. The fourth-order valence-electron chi connectivity index (χ4n) is 3.60. The smallest absolute Gasteiger partial charge is 0.266 e. The van der Waals surface area contributed by atoms with Crippen molar-refractivity contribution in [3.8, 4) is 17.0 Å². The number of ether oxygens (including phenoxy) is 1. The average molecular weight is 391 g/mol. The van der Waals surface area contributed by atoms with Gasteiger partial charge in [-0.2, -0.15) is 0 Å². The van der Waals surface area contributed by atoms with Crippen molar-refractivity contribution >= 4 is 11.7 Å². The number of benzene rings is 2. The van der Waals surface area contributed by atoms with E-state index in [0.717, 1.165) is 24.0 Å². The summed E-state index contributed by atoms with van der Waals surface area (Å²) in [7, 11) is 0. The fourth-order valence-corrected chi connectivity index (χ4v) is 3.60. The van der Waals surface area contributed by atoms with Gasteiger partial charge in [0, 0.05) is 5.56 Å². The number of nitrogens with zero attached hydrogens (tertiary/aromatic N) is 2. The Bertz CT molecular complexity index is 1040. The lowest BCUT2D eigenvalue weighted by Crippen LogP contribution is -2.30. The van der Waals surface area contributed by atoms with Crippen molar-refractivity contribution < 1.29 is 14.2 Å². The van der Waals surface area contributed by atoms with E-state index < -0.39 is 6.10 Å². The molecular weight excluding hydrogens is 366 g/mol. The van der Waals surface area contributed by atoms with E-state index in [1.807, 2.05) is 38.1 Å². The van der Waals surface area contributed by atoms with Gasteiger partial charge in [-0.1, -0.05) is 18.2 Å². The molecule has 1 unspecified atom stereocenters. The minimum atomic E-state index is -0.690. The summed E-state index contributed by atoms with van der Waals surface area (Å²) in [6.45, 7) is 5.75. The maximum atomic E-state index is 12.6. The Kier molecular flexibility index (Phi) is 5.34. The Morgan fingerprint density at radius 2 is 1.83 bits per heavy atom. The predicted octanol–water partition coefficient (Wildman–Crippen LogP) is 4.64. The number of nitrogens with one attached hydrogen (secondary N) is 1. The molecule has 0 saturated carbocycles. The van der Waals surface area contributed by atoms with E-state index >= 15 is 0 Å². The zero-order chi connectivity index (χ0) is 20.4. The van der Waals surface area contributed by atoms with Gasteiger partial charge in [-0.3, -0.25) is 4.79 Å². The summed E-state index contributed by atoms with van der Waals surface area (Å²) in [5.74, 6) is 0.656. The maximum Gasteiger partial charge on any atom is 0.266 e. The van der Waals surface area contributed by atoms with Crippen LogP contribution in [0.1, 0.15) is 42.0 Å². The highest BCUT2D eigenvalue weighted by atomic mass is 16.6. The molecule has 1 aliphatic rings. The summed E-state index contributed by atoms with van der Waals surface area (Å²) in [6.07, 6.45) is 3.92. The second-order valence-electron chi connectivity index (χ2n) is 7.65. The van der Waals surface area contributed by atoms with Crippen LogP contribution in [0.3, 0.4) is 0 Å². The van der Waals surface area contributed by atoms with Crippen molar-refractivity contribution in [1.29, 1.82) is 0 Å². The standard InChI is InChI=1S/C23H25N3O3/c1-14-8-11-20(12-15(14)2)28-16(3)23(27)24-22-21(25-29-26-22)19-10-9-17-6-4-5-7-18(17)13-19/h8-13,16H,4-7H2,1-3H3,(H,24,26,27). The van der Waals surface area contributed by atoms with E-state index in [1.165, 1.54) is 29.5 Å². The SMILES string of the molecule is Cc1ccc(OC(C)C(=O)Nc2nonc2-c2ccc3c(c2)CCCC3)cc1C. The summed E-state index contributed by atoms with van der Waals surface area (Å²) in [4.78, 5) is 12.6. The number of aromatic nitrogens is 2. The highest BCUT2D eigenvalue weighted by Crippen LogP contribution is 2.30. The molecule has 0 spiro atoms. The zero-order valence-electron chi connectivity index (χ0n) is 17.0. The molecule has 1 aliphatic carbocycles. The number of aryl methyl sites for hydroxylation is 4. The van der Waals surface area contributed by atoms with Crippen molar-refractivity contribution in [2.45, 2.75) is 52.6 Å². The van der Waals surface area contributed by atoms with Crippen LogP contribution in [0.2, 0.25) is 0 Å². The van der Waals surface area contributed by atoms with Crippen molar-refractivity contribution in [1.82, 2.24) is 10.3 Å². The van der Waals surface area contributed by atoms with E-state index in [0.29, 0.717) is 17.3 Å². The monoisotopic (exact) mass is 391 g/mol. The Morgan fingerprint density at radius 3 is 2.62 bits per heavy atom. The van der Waals surface area contributed by atoms with E-state index in [4.69, 9.17) is 9.37 Å². The predicted molar refractivity (Wildman–Crippen MR) is 111 cm³/mol. The highest BCUT2D eigenvalue weighted by Gasteiger charge is 2.21. The van der Waals surface area contributed by atoms with Gasteiger partial charge in [-0.25, -0.2) is 4.63 Å². The van der Waals surface area contributed by atoms with Crippen LogP contribution >= 0.6 is 0 Å². The molecule has 0 aliphatic heterocycles. The first kappa shape index (κ1) is 19.2. The zero-order valence-corrected chi connectivity index (χ0v) is 17.0. The first-order valence-electron chi connectivity index (χ1n) is 10.0. The molecule has 2 aromatic carbocycles. The van der Waals surface area contributed by atoms with Crippen LogP contribution in [0, 0.1) is 13.8 Å². The topological polar surface area (TPSA) is 77.2 Å². The third kappa shape index (κ3) is 4.16. The van der Waals surface area contributed by atoms with Gasteiger partial charge in [-0.15, -0.1) is 0 Å². The van der Waals surface area contributed by atoms with Crippen LogP contribution in [0.4, 0.5) is 5.82 Å². The number of hydrogen-bond acceptors (Lipinski definition) is 5. The Hall–Kier alpha value is -3.15. The van der Waals surface area contributed by atoms with Gasteiger partial charge >= 0.3 is 0 Å². The molecule has 150 valence electrons. The molecule has 0 saturated heterocycles. The van der Waals surface area contributed by atoms with Crippen molar-refractivity contribution in [2.24, 2.45) is 0 Å². The van der Waals surface area contributed by atoms with Crippen LogP contribution < -0.4 is 10.1 Å². The molecule has 1 aromatic heterocycles. The van der Waals surface area contributed by atoms with Crippen LogP contribution in [0.15, 0.2) is 41.0 Å². The molecule has 3 aromatic rings. The molecule has 1 heterocycles. The number of carbonyl (C=O) groups excluding carboxylic acids is 1. The van der Waals surface area contributed by atoms with Crippen molar-refractivity contribution in [3.05, 3.63) is 58.7 Å². The summed E-state index contributed by atoms with van der Waals surface area (Å²) < 4.78 is 10.7. The van der Waals surface area contributed by atoms with Gasteiger partial charge in [0.2, 0.25) is 5.82 Å². The molecule has 29 heavy (non-hydrogen) atoms. The average Bonchev–Trinajstić information content (AvgIpc) is 3.18. The lowest BCUT2D eigenvalue weighted by Gasteiger charge is -2.16. The quantitative estimate of drug-likeness (QED) is 0.686. The van der Waals surface area contributed by atoms with E-state index in [1.54, 1.807) is 6.92 Å². The van der Waals surface area contributed by atoms with Gasteiger partial charge in [-0.05, 0) is 97.2 Å². The number of rotatable bonds is 5. The number of carbonyl (C=O) groups is 1. The maximum absolute atomic E-state index is 12.6. The Labute approximate surface area is 170 Å². The fraction of sp³-hybridized carbons (Fsp3) is 0.348. The van der Waals surface area contributed by atoms with E-state index in [-0.39, 0.29) is 5.91 Å². The number of amides is 1. The molecule has 1 amide bonds. The summed E-state index contributed by atoms with van der Waals surface area (Å²) in [6, 6.07) is 12.0. The Balaban J connectivity index is 1.48. The lowest BCUT2D eigenvalue weighted by atomic mass is 9.90. The Morgan fingerprint density at radius 1 is 1.03 bits per heavy atom. The van der Waals surface area contributed by atoms with Gasteiger partial charge < -0.3 is 10.1 Å². The van der Waals surface area contributed by atoms with Gasteiger partial charge in [0.15, 0.2) is 11.8 Å². The molecule has 0 radical (unpaired) electrons. The number of anilines is 1. The summed E-state index contributed by atoms with van der Waals surface area (Å²) in [5.41, 5.74) is 6.44. The normalized spacial score (nSPS) is 14.2. The second kappa shape index (κ2) is 8.07. The van der Waals surface area contributed by atoms with E-state index in [2.05, 4.69) is 27.8 Å². The second-order valence-corrected chi connectivity index (χ2v) is 7.65. The third-order valence-electron chi connectivity index (χ3n) is 5.51. The molecule has 6 heteroatoms. The van der Waals surface area contributed by atoms with Gasteiger partial charge in [0.25, 0.3) is 5.91 Å². The highest BCUT2D eigenvalue weighted by molar-refractivity contribution is 5.96. The first-order chi connectivity index (χ1) is 14.0. The molecule has 6 nitrogen and oxygen atoms in total. The van der Waals surface area contributed by atoms with Crippen LogP contribution in [-0.2, 0) is 17.6 Å². The van der Waals surface area contributed by atoms with Crippen molar-refractivity contribution in [2.75, 3.05) is 5.32 Å². The molecule has 1 atom stereocenters. The number of fused-ring (bicyclic) bond motifs is 1. The van der Waals surface area contributed by atoms with Gasteiger partial charge in [0.1, 0.15) is 5.75 Å². The van der Waals surface area contributed by atoms with Crippen LogP contribution in [0.25, 0.3) is 11.3 Å². The lowest BCUT2D eigenvalue weighted by molar-refractivity contribution is -0.122. The first-order valence-corrected chi connectivity index (χ1v) is 10.0. The third-order valence-corrected chi connectivity index (χ3v) is 5.51. The minimum Gasteiger partial charge on any atom is -0.481 e. The largest absolute Gasteiger partial charge is 0.481 e. The summed E-state index contributed by atoms with van der Waals surface area (Å²) >= 11 is 0. The molecule has 4 rings (SSSR count). The minimum absolute atomic E-state index is 0.307. The van der Waals surface area contributed by atoms with E-state index in [9.17, 15) is 4.79 Å². The van der Waals surface area contributed by atoms with Crippen molar-refractivity contribution in [3.63, 3.8) is 0 Å². The molecule has 0 bridgehead atoms. The van der Waals surface area contributed by atoms with Crippen LogP contribution in [0.5, 0.6) is 5.75 Å².